The number of ether oxygens (including phenoxy) is 1. The molecule has 0 saturated heterocycles. The molecular formula is C25H26N2O3. The standard InChI is InChI=1S/C25H26N2O3/c1-4-18(3)30-23-13-11-19(12-14-23)24(28)27-22-10-6-8-20(16-22)25(29)26-21-9-5-7-17(2)15-21/h5-16,18H,4H2,1-3H3,(H,26,29)(H,27,28). The molecule has 1 unspecified atom stereocenters. The molecule has 2 N–H and O–H groups in total. The van der Waals surface area contributed by atoms with E-state index >= 15 is 0 Å². The molecule has 3 rings (SSSR count). The van der Waals surface area contributed by atoms with E-state index < -0.39 is 0 Å². The minimum atomic E-state index is -0.249. The van der Waals surface area contributed by atoms with E-state index in [2.05, 4.69) is 17.6 Å². The fourth-order valence-corrected chi connectivity index (χ4v) is 2.87. The van der Waals surface area contributed by atoms with Gasteiger partial charge in [-0.1, -0.05) is 25.1 Å². The number of anilines is 2. The average Bonchev–Trinajstić information content (AvgIpc) is 2.74. The number of rotatable bonds is 7. The van der Waals surface area contributed by atoms with E-state index in [9.17, 15) is 9.59 Å². The van der Waals surface area contributed by atoms with Crippen LogP contribution < -0.4 is 15.4 Å². The molecule has 3 aromatic rings. The summed E-state index contributed by atoms with van der Waals surface area (Å²) in [6.07, 6.45) is 1.04. The number of hydrogen-bond donors (Lipinski definition) is 2. The fraction of sp³-hybridized carbons (Fsp3) is 0.200. The first-order chi connectivity index (χ1) is 14.4. The number of amides is 2. The Bertz CT molecular complexity index is 1030. The van der Waals surface area contributed by atoms with E-state index in [-0.39, 0.29) is 17.9 Å². The van der Waals surface area contributed by atoms with Crippen LogP contribution in [0.25, 0.3) is 0 Å². The zero-order valence-corrected chi connectivity index (χ0v) is 17.4. The Labute approximate surface area is 177 Å². The first-order valence-corrected chi connectivity index (χ1v) is 10.0. The van der Waals surface area contributed by atoms with Gasteiger partial charge in [0.1, 0.15) is 5.75 Å². The molecule has 0 aliphatic carbocycles. The Morgan fingerprint density at radius 3 is 2.07 bits per heavy atom. The highest BCUT2D eigenvalue weighted by molar-refractivity contribution is 6.07. The third-order valence-electron chi connectivity index (χ3n) is 4.69. The zero-order chi connectivity index (χ0) is 21.5. The van der Waals surface area contributed by atoms with Crippen molar-refractivity contribution in [3.8, 4) is 5.75 Å². The van der Waals surface area contributed by atoms with Crippen LogP contribution in [0.4, 0.5) is 11.4 Å². The van der Waals surface area contributed by atoms with Crippen LogP contribution in [0.3, 0.4) is 0 Å². The lowest BCUT2D eigenvalue weighted by molar-refractivity contribution is 0.101. The number of carbonyl (C=O) groups excluding carboxylic acids is 2. The summed E-state index contributed by atoms with van der Waals surface area (Å²) in [7, 11) is 0. The van der Waals surface area contributed by atoms with Gasteiger partial charge in [-0.05, 0) is 80.4 Å². The van der Waals surface area contributed by atoms with Crippen molar-refractivity contribution >= 4 is 23.2 Å². The van der Waals surface area contributed by atoms with Crippen molar-refractivity contribution in [1.82, 2.24) is 0 Å². The summed E-state index contributed by atoms with van der Waals surface area (Å²) in [6, 6.07) is 21.5. The molecule has 5 nitrogen and oxygen atoms in total. The van der Waals surface area contributed by atoms with Gasteiger partial charge in [0.25, 0.3) is 11.8 Å². The van der Waals surface area contributed by atoms with Gasteiger partial charge < -0.3 is 15.4 Å². The average molecular weight is 402 g/mol. The summed E-state index contributed by atoms with van der Waals surface area (Å²) < 4.78 is 5.74. The van der Waals surface area contributed by atoms with Crippen LogP contribution in [0.2, 0.25) is 0 Å². The Kier molecular flexibility index (Phi) is 6.86. The highest BCUT2D eigenvalue weighted by Gasteiger charge is 2.11. The Hall–Kier alpha value is -3.60. The van der Waals surface area contributed by atoms with Crippen molar-refractivity contribution in [1.29, 1.82) is 0 Å². The van der Waals surface area contributed by atoms with Crippen LogP contribution in [0.1, 0.15) is 46.5 Å². The normalized spacial score (nSPS) is 11.4. The lowest BCUT2D eigenvalue weighted by atomic mass is 10.1. The van der Waals surface area contributed by atoms with Crippen LogP contribution in [0, 0.1) is 6.92 Å². The van der Waals surface area contributed by atoms with E-state index in [1.54, 1.807) is 48.5 Å². The van der Waals surface area contributed by atoms with Gasteiger partial charge in [-0.25, -0.2) is 0 Å². The molecule has 0 aromatic heterocycles. The van der Waals surface area contributed by atoms with Gasteiger partial charge in [-0.3, -0.25) is 9.59 Å². The first kappa shape index (κ1) is 21.1. The number of carbonyl (C=O) groups is 2. The highest BCUT2D eigenvalue weighted by Crippen LogP contribution is 2.18. The number of hydrogen-bond acceptors (Lipinski definition) is 3. The number of nitrogens with one attached hydrogen (secondary N) is 2. The molecule has 0 heterocycles. The van der Waals surface area contributed by atoms with Crippen molar-refractivity contribution in [3.05, 3.63) is 89.5 Å². The number of benzene rings is 3. The van der Waals surface area contributed by atoms with Gasteiger partial charge >= 0.3 is 0 Å². The molecule has 1 atom stereocenters. The molecule has 0 radical (unpaired) electrons. The second-order valence-corrected chi connectivity index (χ2v) is 7.22. The van der Waals surface area contributed by atoms with Gasteiger partial charge in [-0.2, -0.15) is 0 Å². The monoisotopic (exact) mass is 402 g/mol. The molecule has 0 saturated carbocycles. The molecule has 2 amide bonds. The van der Waals surface area contributed by atoms with E-state index in [0.29, 0.717) is 16.8 Å². The molecule has 0 bridgehead atoms. The fourth-order valence-electron chi connectivity index (χ4n) is 2.87. The molecule has 5 heteroatoms. The largest absolute Gasteiger partial charge is 0.491 e. The van der Waals surface area contributed by atoms with E-state index in [0.717, 1.165) is 23.4 Å². The highest BCUT2D eigenvalue weighted by atomic mass is 16.5. The smallest absolute Gasteiger partial charge is 0.255 e. The second-order valence-electron chi connectivity index (χ2n) is 7.22. The van der Waals surface area contributed by atoms with Gasteiger partial charge in [0, 0.05) is 22.5 Å². The van der Waals surface area contributed by atoms with Crippen LogP contribution in [0.5, 0.6) is 5.75 Å². The van der Waals surface area contributed by atoms with Crippen molar-refractivity contribution in [2.75, 3.05) is 10.6 Å². The molecule has 0 spiro atoms. The maximum Gasteiger partial charge on any atom is 0.255 e. The molecule has 0 fully saturated rings. The van der Waals surface area contributed by atoms with E-state index in [1.807, 2.05) is 38.1 Å². The Morgan fingerprint density at radius 2 is 1.43 bits per heavy atom. The van der Waals surface area contributed by atoms with Gasteiger partial charge in [0.2, 0.25) is 0 Å². The van der Waals surface area contributed by atoms with Crippen LogP contribution in [0.15, 0.2) is 72.8 Å². The maximum atomic E-state index is 12.6. The summed E-state index contributed by atoms with van der Waals surface area (Å²) >= 11 is 0. The van der Waals surface area contributed by atoms with Crippen LogP contribution in [-0.2, 0) is 0 Å². The third kappa shape index (κ3) is 5.70. The molecule has 154 valence electrons. The minimum Gasteiger partial charge on any atom is -0.491 e. The predicted molar refractivity (Wildman–Crippen MR) is 120 cm³/mol. The van der Waals surface area contributed by atoms with Crippen molar-refractivity contribution < 1.29 is 14.3 Å². The van der Waals surface area contributed by atoms with Crippen LogP contribution >= 0.6 is 0 Å². The molecule has 30 heavy (non-hydrogen) atoms. The molecule has 0 aliphatic rings. The quantitative estimate of drug-likeness (QED) is 0.534. The van der Waals surface area contributed by atoms with Gasteiger partial charge in [0.15, 0.2) is 0 Å². The third-order valence-corrected chi connectivity index (χ3v) is 4.69. The van der Waals surface area contributed by atoms with Crippen molar-refractivity contribution in [2.24, 2.45) is 0 Å². The molecule has 3 aromatic carbocycles. The number of aryl methyl sites for hydroxylation is 1. The lowest BCUT2D eigenvalue weighted by Gasteiger charge is -2.13. The Balaban J connectivity index is 1.65. The zero-order valence-electron chi connectivity index (χ0n) is 17.4. The van der Waals surface area contributed by atoms with Crippen molar-refractivity contribution in [3.63, 3.8) is 0 Å². The van der Waals surface area contributed by atoms with Crippen molar-refractivity contribution in [2.45, 2.75) is 33.3 Å². The summed E-state index contributed by atoms with van der Waals surface area (Å²) in [5.74, 6) is 0.250. The maximum absolute atomic E-state index is 12.6. The van der Waals surface area contributed by atoms with Crippen LogP contribution in [-0.4, -0.2) is 17.9 Å². The summed E-state index contributed by atoms with van der Waals surface area (Å²) in [5.41, 5.74) is 3.33. The molecular weight excluding hydrogens is 376 g/mol. The molecule has 0 aliphatic heterocycles. The van der Waals surface area contributed by atoms with E-state index in [4.69, 9.17) is 4.74 Å². The van der Waals surface area contributed by atoms with E-state index in [1.165, 1.54) is 0 Å². The second kappa shape index (κ2) is 9.74. The topological polar surface area (TPSA) is 67.4 Å². The SMILES string of the molecule is CCC(C)Oc1ccc(C(=O)Nc2cccc(C(=O)Nc3cccc(C)c3)c2)cc1. The Morgan fingerprint density at radius 1 is 0.833 bits per heavy atom. The predicted octanol–water partition coefficient (Wildman–Crippen LogP) is 5.68. The lowest BCUT2D eigenvalue weighted by Crippen LogP contribution is -2.15. The summed E-state index contributed by atoms with van der Waals surface area (Å²) in [6.45, 7) is 6.03. The van der Waals surface area contributed by atoms with Gasteiger partial charge in [-0.15, -0.1) is 0 Å². The first-order valence-electron chi connectivity index (χ1n) is 10.0. The minimum absolute atomic E-state index is 0.123. The summed E-state index contributed by atoms with van der Waals surface area (Å²) in [5, 5.41) is 5.71. The summed E-state index contributed by atoms with van der Waals surface area (Å²) in [4.78, 5) is 25.1. The van der Waals surface area contributed by atoms with Gasteiger partial charge in [0.05, 0.1) is 6.10 Å².